The van der Waals surface area contributed by atoms with Crippen molar-refractivity contribution in [2.45, 2.75) is 25.8 Å². The van der Waals surface area contributed by atoms with Crippen LogP contribution in [0.15, 0.2) is 23.1 Å². The van der Waals surface area contributed by atoms with E-state index in [1.165, 1.54) is 10.6 Å². The van der Waals surface area contributed by atoms with Crippen LogP contribution < -0.4 is 16.2 Å². The van der Waals surface area contributed by atoms with Crippen LogP contribution in [0.1, 0.15) is 30.1 Å². The molecule has 2 heterocycles. The summed E-state index contributed by atoms with van der Waals surface area (Å²) in [5, 5.41) is 6.33. The molecule has 1 aromatic rings. The van der Waals surface area contributed by atoms with Crippen molar-refractivity contribution in [3.63, 3.8) is 0 Å². The molecule has 19 heavy (non-hydrogen) atoms. The van der Waals surface area contributed by atoms with Gasteiger partial charge in [0.05, 0.1) is 0 Å². The Morgan fingerprint density at radius 3 is 3.00 bits per heavy atom. The van der Waals surface area contributed by atoms with Gasteiger partial charge in [-0.2, -0.15) is 0 Å². The van der Waals surface area contributed by atoms with Crippen LogP contribution in [0.4, 0.5) is 0 Å². The van der Waals surface area contributed by atoms with Gasteiger partial charge in [-0.15, -0.1) is 0 Å². The van der Waals surface area contributed by atoms with Crippen molar-refractivity contribution in [1.29, 1.82) is 0 Å². The molecule has 2 atom stereocenters. The molecule has 2 N–H and O–H groups in total. The minimum absolute atomic E-state index is 0.115. The summed E-state index contributed by atoms with van der Waals surface area (Å²) in [4.78, 5) is 23.6. The molecule has 104 valence electrons. The average molecular weight is 263 g/mol. The lowest BCUT2D eigenvalue weighted by Crippen LogP contribution is -2.44. The first kappa shape index (κ1) is 13.8. The fraction of sp³-hybridized carbons (Fsp3) is 0.571. The highest BCUT2D eigenvalue weighted by Gasteiger charge is 2.21. The third-order valence-corrected chi connectivity index (χ3v) is 3.77. The largest absolute Gasteiger partial charge is 0.349 e. The number of pyridine rings is 1. The lowest BCUT2D eigenvalue weighted by atomic mass is 9.92. The van der Waals surface area contributed by atoms with E-state index in [1.807, 2.05) is 6.92 Å². The smallest absolute Gasteiger partial charge is 0.251 e. The summed E-state index contributed by atoms with van der Waals surface area (Å²) in [5.41, 5.74) is 0.262. The predicted molar refractivity (Wildman–Crippen MR) is 74.2 cm³/mol. The molecule has 0 aliphatic carbocycles. The highest BCUT2D eigenvalue weighted by Crippen LogP contribution is 2.14. The van der Waals surface area contributed by atoms with Crippen molar-refractivity contribution in [3.8, 4) is 0 Å². The molecule has 0 spiro atoms. The number of hydrogen-bond donors (Lipinski definition) is 2. The monoisotopic (exact) mass is 263 g/mol. The third-order valence-electron chi connectivity index (χ3n) is 3.77. The summed E-state index contributed by atoms with van der Waals surface area (Å²) >= 11 is 0. The molecule has 2 rings (SSSR count). The number of amides is 1. The van der Waals surface area contributed by atoms with E-state index >= 15 is 0 Å². The van der Waals surface area contributed by atoms with Crippen molar-refractivity contribution in [2.24, 2.45) is 13.0 Å². The summed E-state index contributed by atoms with van der Waals surface area (Å²) in [7, 11) is 1.67. The summed E-state index contributed by atoms with van der Waals surface area (Å²) in [6, 6.07) is 3.16. The Labute approximate surface area is 113 Å². The summed E-state index contributed by atoms with van der Waals surface area (Å²) in [5.74, 6) is 0.292. The Hall–Kier alpha value is -1.62. The Bertz CT molecular complexity index is 504. The number of nitrogens with zero attached hydrogens (tertiary/aromatic N) is 1. The van der Waals surface area contributed by atoms with E-state index < -0.39 is 0 Å². The summed E-state index contributed by atoms with van der Waals surface area (Å²) in [6.07, 6.45) is 3.89. The molecular formula is C14H21N3O2. The van der Waals surface area contributed by atoms with Crippen LogP contribution in [0.2, 0.25) is 0 Å². The van der Waals surface area contributed by atoms with Crippen LogP contribution in [0, 0.1) is 5.92 Å². The molecular weight excluding hydrogens is 242 g/mol. The molecule has 5 nitrogen and oxygen atoms in total. The minimum Gasteiger partial charge on any atom is -0.349 e. The molecule has 0 aromatic carbocycles. The maximum absolute atomic E-state index is 12.1. The van der Waals surface area contributed by atoms with Crippen LogP contribution in [0.25, 0.3) is 0 Å². The van der Waals surface area contributed by atoms with Gasteiger partial charge in [-0.3, -0.25) is 9.59 Å². The molecule has 5 heteroatoms. The number of aromatic nitrogens is 1. The second-order valence-corrected chi connectivity index (χ2v) is 5.23. The van der Waals surface area contributed by atoms with Crippen LogP contribution in [0.5, 0.6) is 0 Å². The van der Waals surface area contributed by atoms with Crippen molar-refractivity contribution in [1.82, 2.24) is 15.2 Å². The number of aryl methyl sites for hydroxylation is 1. The molecule has 1 fully saturated rings. The number of hydrogen-bond acceptors (Lipinski definition) is 3. The SMILES string of the molecule is CC(NC(=O)c1ccn(C)c(=O)c1)C1CCCNC1. The second-order valence-electron chi connectivity index (χ2n) is 5.23. The Morgan fingerprint density at radius 2 is 2.37 bits per heavy atom. The van der Waals surface area contributed by atoms with Gasteiger partial charge in [0, 0.05) is 30.9 Å². The Kier molecular flexibility index (Phi) is 4.37. The van der Waals surface area contributed by atoms with Crippen LogP contribution in [-0.4, -0.2) is 29.6 Å². The van der Waals surface area contributed by atoms with Gasteiger partial charge < -0.3 is 15.2 Å². The van der Waals surface area contributed by atoms with Gasteiger partial charge in [-0.1, -0.05) is 0 Å². The third kappa shape index (κ3) is 3.44. The van der Waals surface area contributed by atoms with Crippen LogP contribution in [-0.2, 0) is 7.05 Å². The fourth-order valence-electron chi connectivity index (χ4n) is 2.40. The standard InChI is InChI=1S/C14H21N3O2/c1-10(12-4-3-6-15-9-12)16-14(19)11-5-7-17(2)13(18)8-11/h5,7-8,10,12,15H,3-4,6,9H2,1-2H3,(H,16,19). The number of carbonyl (C=O) groups excluding carboxylic acids is 1. The molecule has 2 unspecified atom stereocenters. The maximum atomic E-state index is 12.1. The number of nitrogens with one attached hydrogen (secondary N) is 2. The highest BCUT2D eigenvalue weighted by molar-refractivity contribution is 5.94. The number of carbonyl (C=O) groups is 1. The molecule has 1 aliphatic rings. The molecule has 0 saturated carbocycles. The highest BCUT2D eigenvalue weighted by atomic mass is 16.2. The predicted octanol–water partition coefficient (Wildman–Crippen LogP) is 0.503. The normalized spacial score (nSPS) is 20.8. The quantitative estimate of drug-likeness (QED) is 0.835. The summed E-state index contributed by atoms with van der Waals surface area (Å²) in [6.45, 7) is 4.03. The van der Waals surface area contributed by atoms with Crippen molar-refractivity contribution < 1.29 is 4.79 Å². The molecule has 0 bridgehead atoms. The zero-order valence-corrected chi connectivity index (χ0v) is 11.5. The van der Waals surface area contributed by atoms with Gasteiger partial charge in [-0.25, -0.2) is 0 Å². The first-order valence-electron chi connectivity index (χ1n) is 6.76. The fourth-order valence-corrected chi connectivity index (χ4v) is 2.40. The minimum atomic E-state index is -0.171. The van der Waals surface area contributed by atoms with Gasteiger partial charge in [0.25, 0.3) is 11.5 Å². The lowest BCUT2D eigenvalue weighted by molar-refractivity contribution is 0.0921. The molecule has 1 amide bonds. The number of rotatable bonds is 3. The van der Waals surface area contributed by atoms with Gasteiger partial charge in [-0.05, 0) is 44.8 Å². The van der Waals surface area contributed by atoms with Gasteiger partial charge in [0.1, 0.15) is 0 Å². The van der Waals surface area contributed by atoms with E-state index in [-0.39, 0.29) is 17.5 Å². The van der Waals surface area contributed by atoms with Crippen molar-refractivity contribution in [2.75, 3.05) is 13.1 Å². The van der Waals surface area contributed by atoms with E-state index in [2.05, 4.69) is 10.6 Å². The van der Waals surface area contributed by atoms with E-state index in [4.69, 9.17) is 0 Å². The zero-order chi connectivity index (χ0) is 13.8. The van der Waals surface area contributed by atoms with Gasteiger partial charge in [0.2, 0.25) is 0 Å². The average Bonchev–Trinajstić information content (AvgIpc) is 2.42. The first-order chi connectivity index (χ1) is 9.08. The Balaban J connectivity index is 1.99. The van der Waals surface area contributed by atoms with Crippen molar-refractivity contribution in [3.05, 3.63) is 34.2 Å². The molecule has 1 saturated heterocycles. The molecule has 1 aromatic heterocycles. The number of piperidine rings is 1. The maximum Gasteiger partial charge on any atom is 0.251 e. The van der Waals surface area contributed by atoms with E-state index in [9.17, 15) is 9.59 Å². The molecule has 1 aliphatic heterocycles. The van der Waals surface area contributed by atoms with Gasteiger partial charge >= 0.3 is 0 Å². The summed E-state index contributed by atoms with van der Waals surface area (Å²) < 4.78 is 1.45. The van der Waals surface area contributed by atoms with E-state index in [0.717, 1.165) is 25.9 Å². The van der Waals surface area contributed by atoms with E-state index in [1.54, 1.807) is 19.3 Å². The topological polar surface area (TPSA) is 63.1 Å². The van der Waals surface area contributed by atoms with Crippen molar-refractivity contribution >= 4 is 5.91 Å². The van der Waals surface area contributed by atoms with E-state index in [0.29, 0.717) is 11.5 Å². The molecule has 0 radical (unpaired) electrons. The lowest BCUT2D eigenvalue weighted by Gasteiger charge is -2.28. The van der Waals surface area contributed by atoms with Crippen LogP contribution >= 0.6 is 0 Å². The Morgan fingerprint density at radius 1 is 1.58 bits per heavy atom. The van der Waals surface area contributed by atoms with Gasteiger partial charge in [0.15, 0.2) is 0 Å². The first-order valence-corrected chi connectivity index (χ1v) is 6.76. The second kappa shape index (κ2) is 6.02. The van der Waals surface area contributed by atoms with Crippen LogP contribution in [0.3, 0.4) is 0 Å². The zero-order valence-electron chi connectivity index (χ0n) is 11.5.